The van der Waals surface area contributed by atoms with Crippen molar-refractivity contribution >= 4 is 29.0 Å². The first-order chi connectivity index (χ1) is 11.8. The summed E-state index contributed by atoms with van der Waals surface area (Å²) in [6.07, 6.45) is 1.27. The quantitative estimate of drug-likeness (QED) is 0.643. The molecule has 1 heterocycles. The summed E-state index contributed by atoms with van der Waals surface area (Å²) >= 11 is 0.637. The van der Waals surface area contributed by atoms with Crippen LogP contribution in [0.25, 0.3) is 6.08 Å². The first-order valence-corrected chi connectivity index (χ1v) is 7.88. The van der Waals surface area contributed by atoms with Gasteiger partial charge >= 0.3 is 0 Å². The molecule has 0 spiro atoms. The minimum atomic E-state index is -0.804. The smallest absolute Gasteiger partial charge is 0.293 e. The van der Waals surface area contributed by atoms with E-state index in [1.807, 2.05) is 0 Å². The molecule has 25 heavy (non-hydrogen) atoms. The number of halogens is 2. The van der Waals surface area contributed by atoms with Crippen molar-refractivity contribution in [3.63, 3.8) is 0 Å². The number of imide groups is 1. The van der Waals surface area contributed by atoms with Gasteiger partial charge in [0.1, 0.15) is 11.6 Å². The van der Waals surface area contributed by atoms with E-state index >= 15 is 0 Å². The molecule has 0 atom stereocenters. The van der Waals surface area contributed by atoms with Gasteiger partial charge in [0.25, 0.3) is 11.1 Å². The average molecular weight is 363 g/mol. The summed E-state index contributed by atoms with van der Waals surface area (Å²) in [6.45, 7) is -0.275. The largest absolute Gasteiger partial charge is 0.504 e. The fraction of sp³-hybridized carbons (Fsp3) is 0.0588. The number of phenolic OH excluding ortho intramolecular Hbond substituents is 2. The number of carbonyl (C=O) groups is 2. The zero-order chi connectivity index (χ0) is 18.1. The second-order valence-electron chi connectivity index (χ2n) is 5.26. The number of aromatic hydroxyl groups is 2. The SMILES string of the molecule is O=C1SC(=Cc2cccc(O)c2O)C(=O)N1Cc1cc(F)cc(F)c1. The normalized spacial score (nSPS) is 16.1. The van der Waals surface area contributed by atoms with Crippen LogP contribution in [0.1, 0.15) is 11.1 Å². The zero-order valence-electron chi connectivity index (χ0n) is 12.6. The van der Waals surface area contributed by atoms with Crippen molar-refractivity contribution in [2.75, 3.05) is 0 Å². The minimum Gasteiger partial charge on any atom is -0.504 e. The van der Waals surface area contributed by atoms with Gasteiger partial charge in [0.15, 0.2) is 11.5 Å². The third-order valence-electron chi connectivity index (χ3n) is 3.47. The maximum Gasteiger partial charge on any atom is 0.293 e. The fourth-order valence-corrected chi connectivity index (χ4v) is 3.16. The van der Waals surface area contributed by atoms with Crippen LogP contribution in [-0.4, -0.2) is 26.3 Å². The molecule has 2 aromatic rings. The highest BCUT2D eigenvalue weighted by Gasteiger charge is 2.35. The maximum atomic E-state index is 13.2. The van der Waals surface area contributed by atoms with E-state index in [1.54, 1.807) is 0 Å². The summed E-state index contributed by atoms with van der Waals surface area (Å²) in [5.74, 6) is -3.03. The van der Waals surface area contributed by atoms with Gasteiger partial charge in [-0.2, -0.15) is 0 Å². The molecule has 0 unspecified atom stereocenters. The van der Waals surface area contributed by atoms with Gasteiger partial charge in [-0.15, -0.1) is 0 Å². The molecule has 0 saturated carbocycles. The van der Waals surface area contributed by atoms with Crippen molar-refractivity contribution in [1.29, 1.82) is 0 Å². The van der Waals surface area contributed by atoms with Gasteiger partial charge < -0.3 is 10.2 Å². The van der Waals surface area contributed by atoms with Gasteiger partial charge in [0, 0.05) is 11.6 Å². The molecule has 1 fully saturated rings. The van der Waals surface area contributed by atoms with Gasteiger partial charge in [-0.25, -0.2) is 8.78 Å². The van der Waals surface area contributed by atoms with Gasteiger partial charge in [0.05, 0.1) is 11.4 Å². The molecule has 0 radical (unpaired) electrons. The Morgan fingerprint density at radius 3 is 2.44 bits per heavy atom. The summed E-state index contributed by atoms with van der Waals surface area (Å²) in [5.41, 5.74) is 0.309. The number of thioether (sulfide) groups is 1. The lowest BCUT2D eigenvalue weighted by Gasteiger charge is -2.12. The minimum absolute atomic E-state index is 0.0303. The van der Waals surface area contributed by atoms with E-state index in [-0.39, 0.29) is 28.3 Å². The van der Waals surface area contributed by atoms with Crippen LogP contribution in [0.15, 0.2) is 41.3 Å². The van der Waals surface area contributed by atoms with Crippen LogP contribution in [0.3, 0.4) is 0 Å². The maximum absolute atomic E-state index is 13.2. The first kappa shape index (κ1) is 17.0. The summed E-state index contributed by atoms with van der Waals surface area (Å²) in [6, 6.07) is 6.98. The van der Waals surface area contributed by atoms with Crippen LogP contribution < -0.4 is 0 Å². The Balaban J connectivity index is 1.87. The van der Waals surface area contributed by atoms with Gasteiger partial charge in [-0.3, -0.25) is 14.5 Å². The van der Waals surface area contributed by atoms with E-state index in [1.165, 1.54) is 24.3 Å². The highest BCUT2D eigenvalue weighted by molar-refractivity contribution is 8.18. The molecule has 0 aliphatic carbocycles. The van der Waals surface area contributed by atoms with Crippen molar-refractivity contribution in [1.82, 2.24) is 4.90 Å². The van der Waals surface area contributed by atoms with E-state index in [0.717, 1.165) is 17.0 Å². The van der Waals surface area contributed by atoms with Crippen molar-refractivity contribution < 1.29 is 28.6 Å². The second-order valence-corrected chi connectivity index (χ2v) is 6.25. The molecule has 1 aliphatic rings. The van der Waals surface area contributed by atoms with Gasteiger partial charge in [-0.1, -0.05) is 12.1 Å². The van der Waals surface area contributed by atoms with E-state index in [2.05, 4.69) is 0 Å². The van der Waals surface area contributed by atoms with E-state index in [0.29, 0.717) is 17.8 Å². The number of carbonyl (C=O) groups excluding carboxylic acids is 2. The molecule has 8 heteroatoms. The van der Waals surface area contributed by atoms with Crippen LogP contribution in [-0.2, 0) is 11.3 Å². The zero-order valence-corrected chi connectivity index (χ0v) is 13.4. The third-order valence-corrected chi connectivity index (χ3v) is 4.38. The Morgan fingerprint density at radius 2 is 1.76 bits per heavy atom. The van der Waals surface area contributed by atoms with E-state index in [9.17, 15) is 28.6 Å². The highest BCUT2D eigenvalue weighted by Crippen LogP contribution is 2.36. The molecular weight excluding hydrogens is 352 g/mol. The van der Waals surface area contributed by atoms with Crippen molar-refractivity contribution in [2.24, 2.45) is 0 Å². The van der Waals surface area contributed by atoms with Crippen LogP contribution in [0.2, 0.25) is 0 Å². The predicted octanol–water partition coefficient (Wildman–Crippen LogP) is 3.61. The monoisotopic (exact) mass is 363 g/mol. The first-order valence-electron chi connectivity index (χ1n) is 7.06. The molecule has 2 N–H and O–H groups in total. The summed E-state index contributed by atoms with van der Waals surface area (Å²) in [7, 11) is 0. The molecule has 3 rings (SSSR count). The summed E-state index contributed by atoms with van der Waals surface area (Å²) in [5, 5.41) is 18.6. The Kier molecular flexibility index (Phi) is 4.45. The molecule has 0 aromatic heterocycles. The molecule has 1 aliphatic heterocycles. The lowest BCUT2D eigenvalue weighted by Crippen LogP contribution is -2.27. The van der Waals surface area contributed by atoms with E-state index in [4.69, 9.17) is 0 Å². The second kappa shape index (κ2) is 6.56. The number of nitrogens with zero attached hydrogens (tertiary/aromatic N) is 1. The highest BCUT2D eigenvalue weighted by atomic mass is 32.2. The molecule has 2 amide bonds. The summed E-state index contributed by atoms with van der Waals surface area (Å²) < 4.78 is 26.5. The average Bonchev–Trinajstić information content (AvgIpc) is 2.78. The number of amides is 2. The van der Waals surface area contributed by atoms with Gasteiger partial charge in [0.2, 0.25) is 0 Å². The Hall–Kier alpha value is -2.87. The van der Waals surface area contributed by atoms with Crippen molar-refractivity contribution in [3.05, 3.63) is 64.1 Å². The molecule has 1 saturated heterocycles. The topological polar surface area (TPSA) is 77.8 Å². The van der Waals surface area contributed by atoms with Crippen LogP contribution in [0.4, 0.5) is 13.6 Å². The third kappa shape index (κ3) is 3.48. The number of rotatable bonds is 3. The van der Waals surface area contributed by atoms with Crippen molar-refractivity contribution in [3.8, 4) is 11.5 Å². The molecule has 2 aromatic carbocycles. The standard InChI is InChI=1S/C17H11F2NO4S/c18-11-4-9(5-12(19)7-11)8-20-16(23)14(25-17(20)24)6-10-2-1-3-13(21)15(10)22/h1-7,21-22H,8H2. The van der Waals surface area contributed by atoms with Gasteiger partial charge in [-0.05, 0) is 41.6 Å². The van der Waals surface area contributed by atoms with Crippen LogP contribution >= 0.6 is 11.8 Å². The number of phenols is 2. The van der Waals surface area contributed by atoms with E-state index < -0.39 is 28.5 Å². The Bertz CT molecular complexity index is 893. The molecular formula is C17H11F2NO4S. The fourth-order valence-electron chi connectivity index (χ4n) is 2.33. The summed E-state index contributed by atoms with van der Waals surface area (Å²) in [4.78, 5) is 25.3. The lowest BCUT2D eigenvalue weighted by molar-refractivity contribution is -0.123. The number of para-hydroxylation sites is 1. The number of hydrogen-bond acceptors (Lipinski definition) is 5. The Morgan fingerprint density at radius 1 is 1.08 bits per heavy atom. The lowest BCUT2D eigenvalue weighted by atomic mass is 10.1. The van der Waals surface area contributed by atoms with Crippen molar-refractivity contribution in [2.45, 2.75) is 6.54 Å². The molecule has 128 valence electrons. The van der Waals surface area contributed by atoms with Crippen LogP contribution in [0.5, 0.6) is 11.5 Å². The molecule has 0 bridgehead atoms. The number of benzene rings is 2. The van der Waals surface area contributed by atoms with Crippen LogP contribution in [0, 0.1) is 11.6 Å². The number of hydrogen-bond donors (Lipinski definition) is 2. The Labute approximate surface area is 145 Å². The molecule has 5 nitrogen and oxygen atoms in total. The predicted molar refractivity (Wildman–Crippen MR) is 87.6 cm³/mol.